The summed E-state index contributed by atoms with van der Waals surface area (Å²) in [5.74, 6) is 0.582. The molecule has 186 valence electrons. The maximum atomic E-state index is 12.8. The van der Waals surface area contributed by atoms with Crippen molar-refractivity contribution in [3.8, 4) is 5.75 Å². The summed E-state index contributed by atoms with van der Waals surface area (Å²) in [6.07, 6.45) is 0. The number of amides is 1. The molecule has 0 radical (unpaired) electrons. The summed E-state index contributed by atoms with van der Waals surface area (Å²) in [6.45, 7) is 5.83. The third-order valence-corrected chi connectivity index (χ3v) is 6.31. The minimum Gasteiger partial charge on any atom is -0.486 e. The number of carbonyl (C=O) groups is 1. The van der Waals surface area contributed by atoms with E-state index < -0.39 is 10.8 Å². The first-order valence-corrected chi connectivity index (χ1v) is 11.6. The molecule has 4 rings (SSSR count). The lowest BCUT2D eigenvalue weighted by Crippen LogP contribution is -2.12. The number of furan rings is 1. The molecule has 36 heavy (non-hydrogen) atoms. The van der Waals surface area contributed by atoms with Gasteiger partial charge in [-0.2, -0.15) is 5.10 Å². The molecule has 4 aromatic rings. The van der Waals surface area contributed by atoms with E-state index in [1.165, 1.54) is 12.1 Å². The second kappa shape index (κ2) is 10.4. The fourth-order valence-corrected chi connectivity index (χ4v) is 3.99. The van der Waals surface area contributed by atoms with Crippen LogP contribution in [0, 0.1) is 30.9 Å². The van der Waals surface area contributed by atoms with Crippen LogP contribution in [-0.4, -0.2) is 20.6 Å². The Morgan fingerprint density at radius 3 is 2.58 bits per heavy atom. The van der Waals surface area contributed by atoms with Crippen molar-refractivity contribution >= 4 is 40.5 Å². The molecular formula is C25H22Cl2N4O5. The number of nitro groups is 1. The molecule has 0 saturated carbocycles. The number of anilines is 1. The quantitative estimate of drug-likeness (QED) is 0.206. The normalized spacial score (nSPS) is 10.9. The number of carbonyl (C=O) groups excluding carboxylic acids is 1. The van der Waals surface area contributed by atoms with Crippen LogP contribution in [0.4, 0.5) is 11.4 Å². The number of rotatable bonds is 8. The van der Waals surface area contributed by atoms with Crippen LogP contribution in [0.2, 0.25) is 10.0 Å². The summed E-state index contributed by atoms with van der Waals surface area (Å²) >= 11 is 12.1. The van der Waals surface area contributed by atoms with E-state index in [9.17, 15) is 14.9 Å². The number of aryl methyl sites for hydroxylation is 2. The van der Waals surface area contributed by atoms with Gasteiger partial charge in [0, 0.05) is 11.6 Å². The maximum Gasteiger partial charge on any atom is 0.291 e. The van der Waals surface area contributed by atoms with E-state index in [4.69, 9.17) is 32.4 Å². The van der Waals surface area contributed by atoms with Gasteiger partial charge in [-0.15, -0.1) is 0 Å². The van der Waals surface area contributed by atoms with Crippen molar-refractivity contribution in [2.75, 3.05) is 5.32 Å². The molecule has 0 aliphatic heterocycles. The highest BCUT2D eigenvalue weighted by Crippen LogP contribution is 2.26. The van der Waals surface area contributed by atoms with Crippen LogP contribution in [0.1, 0.15) is 38.8 Å². The summed E-state index contributed by atoms with van der Waals surface area (Å²) < 4.78 is 13.1. The molecule has 0 spiro atoms. The lowest BCUT2D eigenvalue weighted by molar-refractivity contribution is -0.385. The van der Waals surface area contributed by atoms with Gasteiger partial charge in [-0.1, -0.05) is 29.3 Å². The Labute approximate surface area is 216 Å². The van der Waals surface area contributed by atoms with Crippen molar-refractivity contribution in [1.82, 2.24) is 9.78 Å². The first-order chi connectivity index (χ1) is 17.1. The number of hydrogen-bond acceptors (Lipinski definition) is 6. The Morgan fingerprint density at radius 1 is 1.11 bits per heavy atom. The minimum absolute atomic E-state index is 0.0187. The SMILES string of the molecule is Cc1cc(OCc2ccc(C(=O)Nc3c(C)nn(Cc4ccc(Cl)c(Cl)c4)c3C)o2)ccc1[N+](=O)[O-]. The lowest BCUT2D eigenvalue weighted by atomic mass is 10.2. The van der Waals surface area contributed by atoms with Gasteiger partial charge in [-0.05, 0) is 62.7 Å². The highest BCUT2D eigenvalue weighted by atomic mass is 35.5. The molecule has 9 nitrogen and oxygen atoms in total. The van der Waals surface area contributed by atoms with Crippen molar-refractivity contribution < 1.29 is 18.9 Å². The summed E-state index contributed by atoms with van der Waals surface area (Å²) in [5, 5.41) is 19.3. The molecule has 0 aliphatic carbocycles. The Bertz CT molecular complexity index is 1460. The Kier molecular flexibility index (Phi) is 7.32. The monoisotopic (exact) mass is 528 g/mol. The van der Waals surface area contributed by atoms with Crippen LogP contribution in [-0.2, 0) is 13.2 Å². The van der Waals surface area contributed by atoms with Crippen LogP contribution in [0.15, 0.2) is 52.9 Å². The number of ether oxygens (including phenoxy) is 1. The molecule has 2 aromatic carbocycles. The van der Waals surface area contributed by atoms with Crippen molar-refractivity contribution in [3.05, 3.63) is 103 Å². The maximum absolute atomic E-state index is 12.8. The van der Waals surface area contributed by atoms with Crippen molar-refractivity contribution in [2.45, 2.75) is 33.9 Å². The van der Waals surface area contributed by atoms with Crippen molar-refractivity contribution in [2.24, 2.45) is 0 Å². The molecular weight excluding hydrogens is 507 g/mol. The standard InChI is InChI=1S/C25H22Cl2N4O5/c1-14-10-18(5-8-22(14)31(33)34)35-13-19-6-9-23(36-19)25(32)28-24-15(2)29-30(16(24)3)12-17-4-7-20(26)21(27)11-17/h4-11H,12-13H2,1-3H3,(H,28,32). The van der Waals surface area contributed by atoms with Gasteiger partial charge in [-0.3, -0.25) is 19.6 Å². The van der Waals surface area contributed by atoms with Crippen LogP contribution >= 0.6 is 23.2 Å². The first-order valence-electron chi connectivity index (χ1n) is 10.9. The number of aromatic nitrogens is 2. The Balaban J connectivity index is 1.41. The van der Waals surface area contributed by atoms with E-state index in [2.05, 4.69) is 10.4 Å². The average Bonchev–Trinajstić information content (AvgIpc) is 3.40. The minimum atomic E-state index is -0.447. The molecule has 0 atom stereocenters. The van der Waals surface area contributed by atoms with Crippen LogP contribution in [0.5, 0.6) is 5.75 Å². The van der Waals surface area contributed by atoms with Gasteiger partial charge < -0.3 is 14.5 Å². The van der Waals surface area contributed by atoms with E-state index in [1.807, 2.05) is 19.9 Å². The largest absolute Gasteiger partial charge is 0.486 e. The molecule has 2 heterocycles. The molecule has 0 aliphatic rings. The van der Waals surface area contributed by atoms with Crippen molar-refractivity contribution in [3.63, 3.8) is 0 Å². The molecule has 0 unspecified atom stereocenters. The van der Waals surface area contributed by atoms with Gasteiger partial charge in [0.15, 0.2) is 5.76 Å². The van der Waals surface area contributed by atoms with Gasteiger partial charge in [-0.25, -0.2) is 0 Å². The van der Waals surface area contributed by atoms with Crippen LogP contribution in [0.25, 0.3) is 0 Å². The number of nitrogens with one attached hydrogen (secondary N) is 1. The van der Waals surface area contributed by atoms with E-state index in [1.54, 1.807) is 41.9 Å². The summed E-state index contributed by atoms with van der Waals surface area (Å²) in [7, 11) is 0. The molecule has 1 N–H and O–H groups in total. The number of halogens is 2. The predicted octanol–water partition coefficient (Wildman–Crippen LogP) is 6.50. The third kappa shape index (κ3) is 5.53. The van der Waals surface area contributed by atoms with Gasteiger partial charge in [0.25, 0.3) is 11.6 Å². The van der Waals surface area contributed by atoms with Crippen LogP contribution < -0.4 is 10.1 Å². The topological polar surface area (TPSA) is 112 Å². The van der Waals surface area contributed by atoms with Gasteiger partial charge >= 0.3 is 0 Å². The molecule has 0 saturated heterocycles. The van der Waals surface area contributed by atoms with E-state index in [0.29, 0.717) is 45.0 Å². The molecule has 1 amide bonds. The number of hydrogen-bond donors (Lipinski definition) is 1. The zero-order valence-corrected chi connectivity index (χ0v) is 21.2. The number of nitrogens with zero attached hydrogens (tertiary/aromatic N) is 3. The first kappa shape index (κ1) is 25.3. The second-order valence-electron chi connectivity index (χ2n) is 8.17. The van der Waals surface area contributed by atoms with Gasteiger partial charge in [0.05, 0.1) is 38.6 Å². The zero-order chi connectivity index (χ0) is 26.0. The van der Waals surface area contributed by atoms with Crippen LogP contribution in [0.3, 0.4) is 0 Å². The lowest BCUT2D eigenvalue weighted by Gasteiger charge is -2.08. The number of nitro benzene ring substituents is 1. The fraction of sp³-hybridized carbons (Fsp3) is 0.200. The van der Waals surface area contributed by atoms with Crippen molar-refractivity contribution in [1.29, 1.82) is 0 Å². The number of benzene rings is 2. The molecule has 0 bridgehead atoms. The Hall–Kier alpha value is -3.82. The molecule has 0 fully saturated rings. The molecule has 11 heteroatoms. The summed E-state index contributed by atoms with van der Waals surface area (Å²) in [4.78, 5) is 23.3. The summed E-state index contributed by atoms with van der Waals surface area (Å²) in [5.41, 5.74) is 3.45. The zero-order valence-electron chi connectivity index (χ0n) is 19.7. The van der Waals surface area contributed by atoms with E-state index >= 15 is 0 Å². The van der Waals surface area contributed by atoms with E-state index in [-0.39, 0.29) is 18.1 Å². The Morgan fingerprint density at radius 2 is 1.89 bits per heavy atom. The average molecular weight is 529 g/mol. The second-order valence-corrected chi connectivity index (χ2v) is 8.98. The predicted molar refractivity (Wildman–Crippen MR) is 136 cm³/mol. The highest BCUT2D eigenvalue weighted by Gasteiger charge is 2.18. The van der Waals surface area contributed by atoms with Gasteiger partial charge in [0.2, 0.25) is 0 Å². The molecule has 2 aromatic heterocycles. The fourth-order valence-electron chi connectivity index (χ4n) is 3.67. The van der Waals surface area contributed by atoms with Gasteiger partial charge in [0.1, 0.15) is 18.1 Å². The summed E-state index contributed by atoms with van der Waals surface area (Å²) in [6, 6.07) is 13.1. The highest BCUT2D eigenvalue weighted by molar-refractivity contribution is 6.42. The third-order valence-electron chi connectivity index (χ3n) is 5.57. The van der Waals surface area contributed by atoms with E-state index in [0.717, 1.165) is 11.3 Å². The smallest absolute Gasteiger partial charge is 0.291 e.